The smallest absolute Gasteiger partial charge is 0.322 e. The van der Waals surface area contributed by atoms with Gasteiger partial charge >= 0.3 is 6.03 Å². The Labute approximate surface area is 117 Å². The second-order valence-corrected chi connectivity index (χ2v) is 4.83. The van der Waals surface area contributed by atoms with Crippen molar-refractivity contribution in [3.63, 3.8) is 0 Å². The van der Waals surface area contributed by atoms with Gasteiger partial charge < -0.3 is 15.1 Å². The number of nitrogens with zero attached hydrogens (tertiary/aromatic N) is 2. The number of amides is 2. The standard InChI is InChI=1S/C14H17FN4O/c15-12-2-4-13(5-3-12)17-14(20)19-10-8-18(9-11-19)7-1-6-16/h2-5H,1,7-11H2,(H,17,20)/p+1. The summed E-state index contributed by atoms with van der Waals surface area (Å²) in [5, 5.41) is 11.3. The van der Waals surface area contributed by atoms with E-state index in [0.717, 1.165) is 19.6 Å². The van der Waals surface area contributed by atoms with Crippen LogP contribution in [-0.4, -0.2) is 43.7 Å². The zero-order chi connectivity index (χ0) is 14.4. The molecule has 0 radical (unpaired) electrons. The van der Waals surface area contributed by atoms with Gasteiger partial charge in [-0.15, -0.1) is 0 Å². The lowest BCUT2D eigenvalue weighted by atomic mass is 10.3. The first kappa shape index (κ1) is 14.3. The SMILES string of the molecule is N#CCC[NH+]1CCN(C(=O)Nc2ccc(F)cc2)CC1. The van der Waals surface area contributed by atoms with E-state index in [1.54, 1.807) is 17.0 Å². The van der Waals surface area contributed by atoms with Gasteiger partial charge in [0.2, 0.25) is 0 Å². The molecule has 5 nitrogen and oxygen atoms in total. The molecule has 0 atom stereocenters. The molecule has 2 amide bonds. The number of anilines is 1. The fourth-order valence-electron chi connectivity index (χ4n) is 2.24. The Hall–Kier alpha value is -2.13. The molecule has 1 saturated heterocycles. The molecule has 2 rings (SSSR count). The molecule has 0 unspecified atom stereocenters. The molecule has 1 aliphatic rings. The summed E-state index contributed by atoms with van der Waals surface area (Å²) in [6.07, 6.45) is 0.553. The Morgan fingerprint density at radius 3 is 2.60 bits per heavy atom. The molecule has 0 saturated carbocycles. The molecule has 0 spiro atoms. The summed E-state index contributed by atoms with van der Waals surface area (Å²) in [7, 11) is 0. The van der Waals surface area contributed by atoms with E-state index in [-0.39, 0.29) is 11.8 Å². The third-order valence-electron chi connectivity index (χ3n) is 3.44. The first-order valence-electron chi connectivity index (χ1n) is 6.71. The maximum absolute atomic E-state index is 12.8. The third-order valence-corrected chi connectivity index (χ3v) is 3.44. The summed E-state index contributed by atoms with van der Waals surface area (Å²) in [4.78, 5) is 15.1. The number of halogens is 1. The molecule has 106 valence electrons. The van der Waals surface area contributed by atoms with Gasteiger partial charge in [0.1, 0.15) is 5.82 Å². The molecule has 6 heteroatoms. The van der Waals surface area contributed by atoms with Gasteiger partial charge in [0.15, 0.2) is 0 Å². The Balaban J connectivity index is 1.80. The fourth-order valence-corrected chi connectivity index (χ4v) is 2.24. The van der Waals surface area contributed by atoms with Crippen LogP contribution in [0.5, 0.6) is 0 Å². The first-order valence-corrected chi connectivity index (χ1v) is 6.71. The summed E-state index contributed by atoms with van der Waals surface area (Å²) in [6, 6.07) is 7.71. The van der Waals surface area contributed by atoms with Crippen molar-refractivity contribution in [2.75, 3.05) is 38.0 Å². The van der Waals surface area contributed by atoms with E-state index in [1.165, 1.54) is 17.0 Å². The van der Waals surface area contributed by atoms with E-state index in [9.17, 15) is 9.18 Å². The highest BCUT2D eigenvalue weighted by atomic mass is 19.1. The molecule has 2 N–H and O–H groups in total. The lowest BCUT2D eigenvalue weighted by Crippen LogP contribution is -3.14. The third kappa shape index (κ3) is 3.93. The van der Waals surface area contributed by atoms with Gasteiger partial charge in [-0.1, -0.05) is 0 Å². The van der Waals surface area contributed by atoms with Crippen molar-refractivity contribution in [1.29, 1.82) is 5.26 Å². The van der Waals surface area contributed by atoms with Crippen molar-refractivity contribution >= 4 is 11.7 Å². The molecule has 1 aromatic carbocycles. The van der Waals surface area contributed by atoms with Crippen molar-refractivity contribution in [3.8, 4) is 6.07 Å². The largest absolute Gasteiger partial charge is 0.331 e. The number of nitrogens with one attached hydrogen (secondary N) is 2. The number of urea groups is 1. The van der Waals surface area contributed by atoms with Gasteiger partial charge in [-0.05, 0) is 24.3 Å². The van der Waals surface area contributed by atoms with E-state index >= 15 is 0 Å². The number of carbonyl (C=O) groups excluding carboxylic acids is 1. The van der Waals surface area contributed by atoms with Crippen LogP contribution < -0.4 is 10.2 Å². The number of benzene rings is 1. The maximum atomic E-state index is 12.8. The average Bonchev–Trinajstić information content (AvgIpc) is 2.48. The van der Waals surface area contributed by atoms with Gasteiger partial charge in [0.25, 0.3) is 0 Å². The van der Waals surface area contributed by atoms with Crippen molar-refractivity contribution in [2.45, 2.75) is 6.42 Å². The molecule has 0 aromatic heterocycles. The van der Waals surface area contributed by atoms with Crippen molar-refractivity contribution in [1.82, 2.24) is 4.90 Å². The summed E-state index contributed by atoms with van der Waals surface area (Å²) in [5.74, 6) is -0.322. The minimum Gasteiger partial charge on any atom is -0.331 e. The Bertz CT molecular complexity index is 489. The minimum absolute atomic E-state index is 0.157. The van der Waals surface area contributed by atoms with Crippen LogP contribution in [0, 0.1) is 17.1 Å². The zero-order valence-corrected chi connectivity index (χ0v) is 11.2. The molecule has 1 aliphatic heterocycles. The van der Waals surface area contributed by atoms with Gasteiger partial charge in [-0.3, -0.25) is 0 Å². The topological polar surface area (TPSA) is 60.6 Å². The van der Waals surface area contributed by atoms with Crippen LogP contribution in [0.15, 0.2) is 24.3 Å². The van der Waals surface area contributed by atoms with E-state index in [1.807, 2.05) is 0 Å². The Kier molecular flexibility index (Phi) is 4.91. The fraction of sp³-hybridized carbons (Fsp3) is 0.429. The summed E-state index contributed by atoms with van der Waals surface area (Å²) < 4.78 is 12.8. The van der Waals surface area contributed by atoms with Gasteiger partial charge in [-0.25, -0.2) is 9.18 Å². The highest BCUT2D eigenvalue weighted by Gasteiger charge is 2.23. The molecule has 1 aromatic rings. The normalized spacial score (nSPS) is 15.7. The number of hydrogen-bond acceptors (Lipinski definition) is 2. The number of quaternary nitrogens is 1. The second kappa shape index (κ2) is 6.87. The average molecular weight is 277 g/mol. The predicted octanol–water partition coefficient (Wildman–Crippen LogP) is 0.472. The van der Waals surface area contributed by atoms with Crippen LogP contribution in [0.3, 0.4) is 0 Å². The number of carbonyl (C=O) groups is 1. The first-order chi connectivity index (χ1) is 9.69. The lowest BCUT2D eigenvalue weighted by molar-refractivity contribution is -0.903. The zero-order valence-electron chi connectivity index (χ0n) is 11.2. The van der Waals surface area contributed by atoms with Crippen LogP contribution in [0.1, 0.15) is 6.42 Å². The number of piperazine rings is 1. The summed E-state index contributed by atoms with van der Waals surface area (Å²) in [6.45, 7) is 3.91. The van der Waals surface area contributed by atoms with E-state index in [2.05, 4.69) is 11.4 Å². The summed E-state index contributed by atoms with van der Waals surface area (Å²) >= 11 is 0. The molecule has 1 fully saturated rings. The summed E-state index contributed by atoms with van der Waals surface area (Å²) in [5.41, 5.74) is 0.593. The highest BCUT2D eigenvalue weighted by molar-refractivity contribution is 5.89. The number of hydrogen-bond donors (Lipinski definition) is 2. The van der Waals surface area contributed by atoms with Crippen molar-refractivity contribution in [3.05, 3.63) is 30.1 Å². The second-order valence-electron chi connectivity index (χ2n) is 4.83. The van der Waals surface area contributed by atoms with Gasteiger partial charge in [0, 0.05) is 5.69 Å². The van der Waals surface area contributed by atoms with Crippen LogP contribution in [-0.2, 0) is 0 Å². The predicted molar refractivity (Wildman–Crippen MR) is 72.8 cm³/mol. The van der Waals surface area contributed by atoms with Gasteiger partial charge in [-0.2, -0.15) is 5.26 Å². The Morgan fingerprint density at radius 1 is 1.35 bits per heavy atom. The quantitative estimate of drug-likeness (QED) is 0.844. The molecular weight excluding hydrogens is 259 g/mol. The van der Waals surface area contributed by atoms with Crippen LogP contribution >= 0.6 is 0 Å². The van der Waals surface area contributed by atoms with Gasteiger partial charge in [0.05, 0.1) is 45.2 Å². The monoisotopic (exact) mass is 277 g/mol. The van der Waals surface area contributed by atoms with Crippen LogP contribution in [0.4, 0.5) is 14.9 Å². The maximum Gasteiger partial charge on any atom is 0.322 e. The van der Waals surface area contributed by atoms with Crippen LogP contribution in [0.2, 0.25) is 0 Å². The Morgan fingerprint density at radius 2 is 2.00 bits per heavy atom. The van der Waals surface area contributed by atoms with E-state index < -0.39 is 0 Å². The minimum atomic E-state index is -0.322. The lowest BCUT2D eigenvalue weighted by Gasteiger charge is -2.31. The molecule has 0 aliphatic carbocycles. The molecule has 20 heavy (non-hydrogen) atoms. The van der Waals surface area contributed by atoms with Crippen molar-refractivity contribution < 1.29 is 14.1 Å². The van der Waals surface area contributed by atoms with E-state index in [4.69, 9.17) is 5.26 Å². The molecule has 0 bridgehead atoms. The van der Waals surface area contributed by atoms with Crippen molar-refractivity contribution in [2.24, 2.45) is 0 Å². The number of rotatable bonds is 3. The highest BCUT2D eigenvalue weighted by Crippen LogP contribution is 2.09. The van der Waals surface area contributed by atoms with E-state index in [0.29, 0.717) is 25.2 Å². The molecular formula is C14H18FN4O+. The number of nitriles is 1. The molecule has 1 heterocycles. The van der Waals surface area contributed by atoms with Crippen LogP contribution in [0.25, 0.3) is 0 Å².